The third kappa shape index (κ3) is 7.28. The number of carbonyl (C=O) groups is 1. The van der Waals surface area contributed by atoms with Gasteiger partial charge in [-0.05, 0) is 43.3 Å². The van der Waals surface area contributed by atoms with Crippen LogP contribution in [0, 0.1) is 0 Å². The number of amides is 1. The molecule has 134 valence electrons. The standard InChI is InChI=1S/C20H26BrN3O/c1-23(15-17-9-11-18(21)12-10-17)16-20(25)22-13-6-14-24(2)19-7-4-3-5-8-19/h3-5,7-12H,6,13-16H2,1-2H3,(H,22,25). The molecule has 1 amide bonds. The molecule has 0 saturated carbocycles. The lowest BCUT2D eigenvalue weighted by Gasteiger charge is -2.20. The summed E-state index contributed by atoms with van der Waals surface area (Å²) in [7, 11) is 4.04. The zero-order valence-electron chi connectivity index (χ0n) is 14.9. The van der Waals surface area contributed by atoms with E-state index in [2.05, 4.69) is 57.5 Å². The van der Waals surface area contributed by atoms with Crippen LogP contribution in [0.25, 0.3) is 0 Å². The number of hydrogen-bond donors (Lipinski definition) is 1. The fourth-order valence-corrected chi connectivity index (χ4v) is 2.88. The molecule has 0 aliphatic heterocycles. The fourth-order valence-electron chi connectivity index (χ4n) is 2.61. The molecule has 0 unspecified atom stereocenters. The molecule has 4 nitrogen and oxygen atoms in total. The van der Waals surface area contributed by atoms with Gasteiger partial charge >= 0.3 is 0 Å². The van der Waals surface area contributed by atoms with Crippen LogP contribution in [0.1, 0.15) is 12.0 Å². The largest absolute Gasteiger partial charge is 0.375 e. The molecule has 0 fully saturated rings. The summed E-state index contributed by atoms with van der Waals surface area (Å²) in [6.07, 6.45) is 0.924. The summed E-state index contributed by atoms with van der Waals surface area (Å²) in [6, 6.07) is 18.5. The van der Waals surface area contributed by atoms with Crippen LogP contribution < -0.4 is 10.2 Å². The second kappa shape index (κ2) is 10.2. The monoisotopic (exact) mass is 403 g/mol. The molecule has 0 aliphatic rings. The predicted molar refractivity (Wildman–Crippen MR) is 108 cm³/mol. The topological polar surface area (TPSA) is 35.6 Å². The number of nitrogens with one attached hydrogen (secondary N) is 1. The van der Waals surface area contributed by atoms with Gasteiger partial charge in [0.2, 0.25) is 5.91 Å². The van der Waals surface area contributed by atoms with Gasteiger partial charge in [0.25, 0.3) is 0 Å². The summed E-state index contributed by atoms with van der Waals surface area (Å²) in [6.45, 7) is 2.78. The highest BCUT2D eigenvalue weighted by Gasteiger charge is 2.07. The summed E-state index contributed by atoms with van der Waals surface area (Å²) < 4.78 is 1.07. The van der Waals surface area contributed by atoms with Crippen molar-refractivity contribution in [2.24, 2.45) is 0 Å². The van der Waals surface area contributed by atoms with Crippen molar-refractivity contribution in [3.05, 3.63) is 64.6 Å². The molecular weight excluding hydrogens is 378 g/mol. The third-order valence-electron chi connectivity index (χ3n) is 3.97. The van der Waals surface area contributed by atoms with E-state index in [1.165, 1.54) is 11.3 Å². The number of benzene rings is 2. The van der Waals surface area contributed by atoms with Crippen molar-refractivity contribution in [2.45, 2.75) is 13.0 Å². The quantitative estimate of drug-likeness (QED) is 0.650. The lowest BCUT2D eigenvalue weighted by molar-refractivity contribution is -0.122. The van der Waals surface area contributed by atoms with Gasteiger partial charge in [0.15, 0.2) is 0 Å². The van der Waals surface area contributed by atoms with Gasteiger partial charge in [-0.2, -0.15) is 0 Å². The Morgan fingerprint density at radius 1 is 1.04 bits per heavy atom. The Kier molecular flexibility index (Phi) is 7.95. The maximum atomic E-state index is 12.0. The van der Waals surface area contributed by atoms with E-state index in [4.69, 9.17) is 0 Å². The van der Waals surface area contributed by atoms with E-state index in [9.17, 15) is 4.79 Å². The molecule has 2 aromatic rings. The van der Waals surface area contributed by atoms with Crippen LogP contribution in [0.4, 0.5) is 5.69 Å². The lowest BCUT2D eigenvalue weighted by Crippen LogP contribution is -2.36. The van der Waals surface area contributed by atoms with Crippen molar-refractivity contribution in [2.75, 3.05) is 38.6 Å². The van der Waals surface area contributed by atoms with Crippen LogP contribution in [0.15, 0.2) is 59.1 Å². The molecule has 5 heteroatoms. The number of para-hydroxylation sites is 1. The molecule has 0 bridgehead atoms. The van der Waals surface area contributed by atoms with Crippen LogP contribution >= 0.6 is 15.9 Å². The Labute approximate surface area is 159 Å². The number of nitrogens with zero attached hydrogens (tertiary/aromatic N) is 2. The van der Waals surface area contributed by atoms with Crippen LogP contribution in [-0.2, 0) is 11.3 Å². The first-order chi connectivity index (χ1) is 12.0. The molecule has 0 aromatic heterocycles. The summed E-state index contributed by atoms with van der Waals surface area (Å²) in [4.78, 5) is 16.3. The smallest absolute Gasteiger partial charge is 0.234 e. The third-order valence-corrected chi connectivity index (χ3v) is 4.50. The van der Waals surface area contributed by atoms with Crippen molar-refractivity contribution in [3.8, 4) is 0 Å². The van der Waals surface area contributed by atoms with Gasteiger partial charge in [-0.15, -0.1) is 0 Å². The van der Waals surface area contributed by atoms with Gasteiger partial charge in [0.05, 0.1) is 6.54 Å². The van der Waals surface area contributed by atoms with E-state index in [0.29, 0.717) is 13.1 Å². The molecule has 25 heavy (non-hydrogen) atoms. The van der Waals surface area contributed by atoms with Crippen molar-refractivity contribution in [1.82, 2.24) is 10.2 Å². The van der Waals surface area contributed by atoms with Gasteiger partial charge in [0, 0.05) is 36.8 Å². The Bertz CT molecular complexity index is 646. The Morgan fingerprint density at radius 3 is 2.40 bits per heavy atom. The highest BCUT2D eigenvalue weighted by molar-refractivity contribution is 9.10. The second-order valence-corrected chi connectivity index (χ2v) is 7.18. The van der Waals surface area contributed by atoms with Gasteiger partial charge in [-0.25, -0.2) is 0 Å². The summed E-state index contributed by atoms with van der Waals surface area (Å²) in [5.74, 6) is 0.0713. The number of anilines is 1. The van der Waals surface area contributed by atoms with E-state index >= 15 is 0 Å². The minimum absolute atomic E-state index is 0.0713. The van der Waals surface area contributed by atoms with Crippen molar-refractivity contribution >= 4 is 27.5 Å². The zero-order valence-corrected chi connectivity index (χ0v) is 16.5. The van der Waals surface area contributed by atoms with E-state index in [0.717, 1.165) is 24.0 Å². The van der Waals surface area contributed by atoms with Crippen LogP contribution in [-0.4, -0.2) is 44.5 Å². The van der Waals surface area contributed by atoms with Gasteiger partial charge in [0.1, 0.15) is 0 Å². The molecule has 0 heterocycles. The number of rotatable bonds is 9. The number of carbonyl (C=O) groups excluding carboxylic acids is 1. The maximum Gasteiger partial charge on any atom is 0.234 e. The van der Waals surface area contributed by atoms with Gasteiger partial charge in [-0.3, -0.25) is 9.69 Å². The second-order valence-electron chi connectivity index (χ2n) is 6.26. The summed E-state index contributed by atoms with van der Waals surface area (Å²) in [5.41, 5.74) is 2.39. The SMILES string of the molecule is CN(CC(=O)NCCCN(C)c1ccccc1)Cc1ccc(Br)cc1. The highest BCUT2D eigenvalue weighted by Crippen LogP contribution is 2.12. The fraction of sp³-hybridized carbons (Fsp3) is 0.350. The molecule has 0 spiro atoms. The zero-order chi connectivity index (χ0) is 18.1. The van der Waals surface area contributed by atoms with E-state index in [1.54, 1.807) is 0 Å². The van der Waals surface area contributed by atoms with Gasteiger partial charge in [-0.1, -0.05) is 46.3 Å². The maximum absolute atomic E-state index is 12.0. The summed E-state index contributed by atoms with van der Waals surface area (Å²) in [5, 5.41) is 3.00. The van der Waals surface area contributed by atoms with E-state index in [-0.39, 0.29) is 5.91 Å². The molecule has 2 aromatic carbocycles. The Balaban J connectivity index is 1.62. The molecule has 0 saturated heterocycles. The number of hydrogen-bond acceptors (Lipinski definition) is 3. The Hall–Kier alpha value is -1.85. The van der Waals surface area contributed by atoms with Crippen LogP contribution in [0.3, 0.4) is 0 Å². The first kappa shape index (κ1) is 19.5. The van der Waals surface area contributed by atoms with E-state index in [1.807, 2.05) is 42.3 Å². The molecule has 0 atom stereocenters. The number of halogens is 1. The van der Waals surface area contributed by atoms with E-state index < -0.39 is 0 Å². The molecule has 2 rings (SSSR count). The van der Waals surface area contributed by atoms with Crippen molar-refractivity contribution < 1.29 is 4.79 Å². The van der Waals surface area contributed by atoms with Crippen LogP contribution in [0.2, 0.25) is 0 Å². The minimum atomic E-state index is 0.0713. The van der Waals surface area contributed by atoms with Gasteiger partial charge < -0.3 is 10.2 Å². The Morgan fingerprint density at radius 2 is 1.72 bits per heavy atom. The van der Waals surface area contributed by atoms with Crippen molar-refractivity contribution in [3.63, 3.8) is 0 Å². The predicted octanol–water partition coefficient (Wildman–Crippen LogP) is 3.52. The first-order valence-corrected chi connectivity index (χ1v) is 9.30. The average molecular weight is 404 g/mol. The van der Waals surface area contributed by atoms with Crippen molar-refractivity contribution in [1.29, 1.82) is 0 Å². The molecular formula is C20H26BrN3O. The molecule has 0 radical (unpaired) electrons. The first-order valence-electron chi connectivity index (χ1n) is 8.50. The lowest BCUT2D eigenvalue weighted by atomic mass is 10.2. The number of likely N-dealkylation sites (N-methyl/N-ethyl adjacent to an activating group) is 1. The normalized spacial score (nSPS) is 10.7. The minimum Gasteiger partial charge on any atom is -0.375 e. The molecule has 0 aliphatic carbocycles. The van der Waals surface area contributed by atoms with Crippen LogP contribution in [0.5, 0.6) is 0 Å². The summed E-state index contributed by atoms with van der Waals surface area (Å²) >= 11 is 3.43. The average Bonchev–Trinajstić information content (AvgIpc) is 2.61. The molecule has 1 N–H and O–H groups in total. The highest BCUT2D eigenvalue weighted by atomic mass is 79.9.